The maximum Gasteiger partial charge on any atom is 0.260 e. The van der Waals surface area contributed by atoms with Gasteiger partial charge in [-0.15, -0.1) is 0 Å². The van der Waals surface area contributed by atoms with Gasteiger partial charge in [-0.05, 0) is 107 Å². The van der Waals surface area contributed by atoms with Crippen LogP contribution in [-0.2, 0) is 11.3 Å². The van der Waals surface area contributed by atoms with Crippen molar-refractivity contribution in [3.8, 4) is 22.4 Å². The lowest BCUT2D eigenvalue weighted by Gasteiger charge is -2.29. The van der Waals surface area contributed by atoms with Crippen LogP contribution in [0.4, 0.5) is 11.6 Å². The quantitative estimate of drug-likeness (QED) is 0.235. The zero-order chi connectivity index (χ0) is 30.8. The molecule has 0 radical (unpaired) electrons. The predicted molar refractivity (Wildman–Crippen MR) is 178 cm³/mol. The minimum Gasteiger partial charge on any atom is -0.381 e. The van der Waals surface area contributed by atoms with E-state index in [4.69, 9.17) is 14.7 Å². The van der Waals surface area contributed by atoms with Crippen molar-refractivity contribution in [2.24, 2.45) is 5.92 Å². The van der Waals surface area contributed by atoms with E-state index in [-0.39, 0.29) is 5.56 Å². The average Bonchev–Trinajstić information content (AvgIpc) is 3.08. The van der Waals surface area contributed by atoms with Crippen LogP contribution in [0.2, 0.25) is 0 Å². The Bertz CT molecular complexity index is 1840. The largest absolute Gasteiger partial charge is 0.381 e. The van der Waals surface area contributed by atoms with Gasteiger partial charge in [-0.2, -0.15) is 4.98 Å². The lowest BCUT2D eigenvalue weighted by molar-refractivity contribution is 0.0613. The summed E-state index contributed by atoms with van der Waals surface area (Å²) in [7, 11) is 2.19. The maximum absolute atomic E-state index is 14.3. The summed E-state index contributed by atoms with van der Waals surface area (Å²) >= 11 is 0. The Hall–Kier alpha value is -4.47. The van der Waals surface area contributed by atoms with Gasteiger partial charge in [0, 0.05) is 71.8 Å². The molecule has 2 saturated heterocycles. The summed E-state index contributed by atoms with van der Waals surface area (Å²) in [5, 5.41) is 4.20. The van der Waals surface area contributed by atoms with Crippen LogP contribution in [0, 0.1) is 12.8 Å². The Labute approximate surface area is 263 Å². The molecule has 0 aliphatic carbocycles. The van der Waals surface area contributed by atoms with E-state index >= 15 is 0 Å². The van der Waals surface area contributed by atoms with E-state index in [9.17, 15) is 4.79 Å². The first-order valence-corrected chi connectivity index (χ1v) is 15.9. The molecule has 4 aromatic heterocycles. The summed E-state index contributed by atoms with van der Waals surface area (Å²) in [4.78, 5) is 35.2. The molecule has 0 spiro atoms. The summed E-state index contributed by atoms with van der Waals surface area (Å²) in [6.07, 6.45) is 9.54. The van der Waals surface area contributed by atoms with Gasteiger partial charge in [0.05, 0.1) is 5.69 Å². The highest BCUT2D eigenvalue weighted by Gasteiger charge is 2.21. The van der Waals surface area contributed by atoms with Crippen molar-refractivity contribution in [2.45, 2.75) is 45.1 Å². The topological polar surface area (TPSA) is 98.1 Å². The normalized spacial score (nSPS) is 16.7. The van der Waals surface area contributed by atoms with Crippen LogP contribution < -0.4 is 10.9 Å². The molecule has 230 valence electrons. The van der Waals surface area contributed by atoms with Crippen molar-refractivity contribution in [3.05, 3.63) is 94.8 Å². The standard InChI is InChI=1S/C36H39N7O2/c1-24-31(7-8-33(39-24)28-9-15-37-16-10-28)32-21-29-22-38-36(41-34(29)43(35(32)44)23-25-13-19-45-20-14-25)40-30-5-3-26(4-6-30)27-11-17-42(2)18-12-27/h3-10,15-16,21-22,25,27H,11-14,17-20,23H2,1-2H3,(H,38,40,41). The van der Waals surface area contributed by atoms with Gasteiger partial charge >= 0.3 is 0 Å². The van der Waals surface area contributed by atoms with E-state index in [1.165, 1.54) is 18.4 Å². The van der Waals surface area contributed by atoms with Gasteiger partial charge in [0.25, 0.3) is 5.56 Å². The second-order valence-corrected chi connectivity index (χ2v) is 12.4. The number of nitrogens with zero attached hydrogens (tertiary/aromatic N) is 6. The van der Waals surface area contributed by atoms with Crippen LogP contribution in [0.1, 0.15) is 42.9 Å². The summed E-state index contributed by atoms with van der Waals surface area (Å²) in [5.41, 5.74) is 6.92. The molecular formula is C36H39N7O2. The number of fused-ring (bicyclic) bond motifs is 1. The van der Waals surface area contributed by atoms with Crippen molar-refractivity contribution >= 4 is 22.7 Å². The molecule has 7 rings (SSSR count). The van der Waals surface area contributed by atoms with Gasteiger partial charge in [-0.25, -0.2) is 4.98 Å². The molecule has 0 atom stereocenters. The Morgan fingerprint density at radius 1 is 0.911 bits per heavy atom. The van der Waals surface area contributed by atoms with Crippen molar-refractivity contribution in [3.63, 3.8) is 0 Å². The first-order chi connectivity index (χ1) is 22.0. The number of pyridine rings is 3. The fourth-order valence-electron chi connectivity index (χ4n) is 6.61. The minimum atomic E-state index is -0.0670. The Morgan fingerprint density at radius 3 is 2.40 bits per heavy atom. The van der Waals surface area contributed by atoms with Crippen LogP contribution in [0.15, 0.2) is 78.0 Å². The number of aryl methyl sites for hydroxylation is 1. The van der Waals surface area contributed by atoms with Gasteiger partial charge in [0.15, 0.2) is 0 Å². The molecule has 9 heteroatoms. The summed E-state index contributed by atoms with van der Waals surface area (Å²) in [6.45, 7) is 6.24. The zero-order valence-electron chi connectivity index (χ0n) is 25.9. The number of hydrogen-bond donors (Lipinski definition) is 1. The number of nitrogens with one attached hydrogen (secondary N) is 1. The molecule has 2 aliphatic heterocycles. The van der Waals surface area contributed by atoms with Gasteiger partial charge in [0.1, 0.15) is 5.65 Å². The van der Waals surface area contributed by atoms with Crippen LogP contribution in [0.5, 0.6) is 0 Å². The van der Waals surface area contributed by atoms with E-state index in [1.54, 1.807) is 12.4 Å². The highest BCUT2D eigenvalue weighted by Crippen LogP contribution is 2.30. The molecule has 45 heavy (non-hydrogen) atoms. The molecular weight excluding hydrogens is 562 g/mol. The number of benzene rings is 1. The van der Waals surface area contributed by atoms with Crippen LogP contribution in [-0.4, -0.2) is 62.8 Å². The molecule has 0 amide bonds. The smallest absolute Gasteiger partial charge is 0.260 e. The lowest BCUT2D eigenvalue weighted by atomic mass is 9.89. The number of piperidine rings is 1. The fourth-order valence-corrected chi connectivity index (χ4v) is 6.61. The van der Waals surface area contributed by atoms with Crippen molar-refractivity contribution in [1.82, 2.24) is 29.4 Å². The summed E-state index contributed by atoms with van der Waals surface area (Å²) < 4.78 is 7.45. The number of anilines is 2. The Balaban J connectivity index is 1.22. The monoisotopic (exact) mass is 601 g/mol. The van der Waals surface area contributed by atoms with Gasteiger partial charge in [0.2, 0.25) is 5.95 Å². The lowest BCUT2D eigenvalue weighted by Crippen LogP contribution is -2.29. The number of rotatable bonds is 7. The second kappa shape index (κ2) is 12.9. The number of hydrogen-bond acceptors (Lipinski definition) is 8. The first-order valence-electron chi connectivity index (χ1n) is 15.9. The van der Waals surface area contributed by atoms with Gasteiger partial charge in [-0.1, -0.05) is 18.2 Å². The first kappa shape index (κ1) is 29.3. The number of likely N-dealkylation sites (tertiary alicyclic amines) is 1. The molecule has 2 fully saturated rings. The van der Waals surface area contributed by atoms with Gasteiger partial charge < -0.3 is 15.0 Å². The summed E-state index contributed by atoms with van der Waals surface area (Å²) in [5.74, 6) is 1.41. The molecule has 2 aliphatic rings. The fraction of sp³-hybridized carbons (Fsp3) is 0.361. The van der Waals surface area contributed by atoms with Crippen molar-refractivity contribution in [2.75, 3.05) is 38.7 Å². The van der Waals surface area contributed by atoms with E-state index < -0.39 is 0 Å². The minimum absolute atomic E-state index is 0.0670. The zero-order valence-corrected chi connectivity index (χ0v) is 25.9. The highest BCUT2D eigenvalue weighted by atomic mass is 16.5. The molecule has 1 aromatic carbocycles. The molecule has 0 saturated carbocycles. The molecule has 5 aromatic rings. The van der Waals surface area contributed by atoms with Crippen molar-refractivity contribution in [1.29, 1.82) is 0 Å². The average molecular weight is 602 g/mol. The predicted octanol–water partition coefficient (Wildman–Crippen LogP) is 6.20. The third-order valence-electron chi connectivity index (χ3n) is 9.32. The van der Waals surface area contributed by atoms with Crippen LogP contribution in [0.3, 0.4) is 0 Å². The highest BCUT2D eigenvalue weighted by molar-refractivity contribution is 5.82. The van der Waals surface area contributed by atoms with Crippen molar-refractivity contribution < 1.29 is 4.74 Å². The van der Waals surface area contributed by atoms with Crippen LogP contribution >= 0.6 is 0 Å². The van der Waals surface area contributed by atoms with E-state index in [2.05, 4.69) is 51.5 Å². The van der Waals surface area contributed by atoms with E-state index in [0.29, 0.717) is 48.8 Å². The molecule has 0 unspecified atom stereocenters. The summed E-state index contributed by atoms with van der Waals surface area (Å²) in [6, 6.07) is 18.4. The number of ether oxygens (including phenoxy) is 1. The van der Waals surface area contributed by atoms with Crippen LogP contribution in [0.25, 0.3) is 33.4 Å². The molecule has 6 heterocycles. The molecule has 9 nitrogen and oxygen atoms in total. The maximum atomic E-state index is 14.3. The third kappa shape index (κ3) is 6.36. The third-order valence-corrected chi connectivity index (χ3v) is 9.32. The molecule has 1 N–H and O–H groups in total. The number of aromatic nitrogens is 5. The van der Waals surface area contributed by atoms with E-state index in [1.807, 2.05) is 48.0 Å². The SMILES string of the molecule is Cc1nc(-c2ccncc2)ccc1-c1cc2cnc(Nc3ccc(C4CCN(C)CC4)cc3)nc2n(CC2CCOCC2)c1=O. The van der Waals surface area contributed by atoms with Gasteiger partial charge in [-0.3, -0.25) is 19.3 Å². The van der Waals surface area contributed by atoms with E-state index in [0.717, 1.165) is 59.5 Å². The Morgan fingerprint density at radius 2 is 1.67 bits per heavy atom. The second-order valence-electron chi connectivity index (χ2n) is 12.4. The molecule has 0 bridgehead atoms. The Kier molecular flexibility index (Phi) is 8.37.